The summed E-state index contributed by atoms with van der Waals surface area (Å²) < 4.78 is 6.33. The molecule has 1 aliphatic heterocycles. The molecular weight excluding hydrogens is 376 g/mol. The number of rotatable bonds is 6. The van der Waals surface area contributed by atoms with Gasteiger partial charge in [-0.05, 0) is 31.9 Å². The molecule has 2 N–H and O–H groups in total. The maximum Gasteiger partial charge on any atom is 0.315 e. The van der Waals surface area contributed by atoms with Crippen LogP contribution in [0.1, 0.15) is 26.2 Å². The van der Waals surface area contributed by atoms with E-state index in [2.05, 4.69) is 20.6 Å². The number of hydrogen-bond donors (Lipinski definition) is 2. The van der Waals surface area contributed by atoms with E-state index in [0.717, 1.165) is 0 Å². The van der Waals surface area contributed by atoms with Crippen molar-refractivity contribution in [3.8, 4) is 0 Å². The lowest BCUT2D eigenvalue weighted by molar-refractivity contribution is -0.142. The number of carbonyl (C=O) groups is 2. The van der Waals surface area contributed by atoms with Gasteiger partial charge in [0.25, 0.3) is 5.56 Å². The van der Waals surface area contributed by atoms with Crippen LogP contribution >= 0.6 is 0 Å². The number of anilines is 1. The van der Waals surface area contributed by atoms with Gasteiger partial charge in [0.2, 0.25) is 0 Å². The molecule has 1 saturated heterocycles. The van der Waals surface area contributed by atoms with Gasteiger partial charge in [0.05, 0.1) is 13.0 Å². The Balaban J connectivity index is 1.53. The zero-order valence-corrected chi connectivity index (χ0v) is 16.7. The predicted molar refractivity (Wildman–Crippen MR) is 108 cm³/mol. The molecule has 2 aromatic heterocycles. The van der Waals surface area contributed by atoms with Crippen LogP contribution in [0.15, 0.2) is 23.1 Å². The topological polar surface area (TPSA) is 118 Å². The van der Waals surface area contributed by atoms with Gasteiger partial charge in [-0.2, -0.15) is 0 Å². The number of fused-ring (bicyclic) bond motifs is 1. The Morgan fingerprint density at radius 3 is 2.79 bits per heavy atom. The smallest absolute Gasteiger partial charge is 0.315 e. The molecule has 29 heavy (non-hydrogen) atoms. The number of nitrogens with one attached hydrogen (secondary N) is 2. The maximum absolute atomic E-state index is 12.7. The molecule has 1 fully saturated rings. The Morgan fingerprint density at radius 1 is 1.31 bits per heavy atom. The van der Waals surface area contributed by atoms with Gasteiger partial charge < -0.3 is 20.3 Å². The fourth-order valence-corrected chi connectivity index (χ4v) is 3.33. The first-order valence-corrected chi connectivity index (χ1v) is 9.76. The molecule has 0 spiro atoms. The molecule has 156 valence electrons. The van der Waals surface area contributed by atoms with E-state index in [1.807, 2.05) is 11.0 Å². The van der Waals surface area contributed by atoms with Gasteiger partial charge in [0.1, 0.15) is 5.52 Å². The fourth-order valence-electron chi connectivity index (χ4n) is 3.33. The van der Waals surface area contributed by atoms with Crippen LogP contribution in [0.5, 0.6) is 0 Å². The van der Waals surface area contributed by atoms with E-state index in [1.54, 1.807) is 26.2 Å². The number of piperidine rings is 1. The second kappa shape index (κ2) is 9.35. The number of esters is 1. The summed E-state index contributed by atoms with van der Waals surface area (Å²) in [6, 6.07) is 3.32. The van der Waals surface area contributed by atoms with Gasteiger partial charge in [0.15, 0.2) is 11.5 Å². The molecule has 2 aromatic rings. The van der Waals surface area contributed by atoms with E-state index in [-0.39, 0.29) is 36.6 Å². The number of urea groups is 1. The summed E-state index contributed by atoms with van der Waals surface area (Å²) in [4.78, 5) is 46.6. The maximum atomic E-state index is 12.7. The molecule has 3 heterocycles. The van der Waals surface area contributed by atoms with Crippen molar-refractivity contribution in [2.24, 2.45) is 7.05 Å². The number of ether oxygens (including phenoxy) is 1. The highest BCUT2D eigenvalue weighted by atomic mass is 16.5. The van der Waals surface area contributed by atoms with Gasteiger partial charge in [-0.3, -0.25) is 14.2 Å². The molecule has 3 rings (SSSR count). The average molecular weight is 402 g/mol. The molecule has 1 aliphatic rings. The molecule has 0 atom stereocenters. The van der Waals surface area contributed by atoms with Crippen molar-refractivity contribution < 1.29 is 14.3 Å². The summed E-state index contributed by atoms with van der Waals surface area (Å²) in [6.07, 6.45) is 3.17. The molecule has 10 nitrogen and oxygen atoms in total. The second-order valence-corrected chi connectivity index (χ2v) is 6.86. The highest BCUT2D eigenvalue weighted by Gasteiger charge is 2.24. The van der Waals surface area contributed by atoms with Gasteiger partial charge in [-0.1, -0.05) is 0 Å². The number of carbonyl (C=O) groups excluding carboxylic acids is 2. The highest BCUT2D eigenvalue weighted by molar-refractivity contribution is 5.76. The number of hydrogen-bond acceptors (Lipinski definition) is 7. The van der Waals surface area contributed by atoms with E-state index in [4.69, 9.17) is 4.74 Å². The van der Waals surface area contributed by atoms with Gasteiger partial charge in [-0.25, -0.2) is 14.8 Å². The van der Waals surface area contributed by atoms with E-state index in [1.165, 1.54) is 4.57 Å². The minimum atomic E-state index is -0.333. The minimum Gasteiger partial charge on any atom is -0.466 e. The Hall–Kier alpha value is -3.17. The predicted octanol–water partition coefficient (Wildman–Crippen LogP) is 0.550. The number of amides is 2. The van der Waals surface area contributed by atoms with Crippen molar-refractivity contribution in [1.29, 1.82) is 0 Å². The quantitative estimate of drug-likeness (QED) is 0.677. The number of aromatic nitrogens is 3. The molecule has 10 heteroatoms. The van der Waals surface area contributed by atoms with Crippen molar-refractivity contribution >= 4 is 29.0 Å². The largest absolute Gasteiger partial charge is 0.466 e. The molecule has 0 aliphatic carbocycles. The number of pyridine rings is 1. The summed E-state index contributed by atoms with van der Waals surface area (Å²) in [6.45, 7) is 3.53. The number of nitrogens with zero attached hydrogens (tertiary/aromatic N) is 4. The Morgan fingerprint density at radius 2 is 2.07 bits per heavy atom. The third-order valence-electron chi connectivity index (χ3n) is 4.86. The first-order chi connectivity index (χ1) is 14.0. The van der Waals surface area contributed by atoms with Crippen molar-refractivity contribution in [3.63, 3.8) is 0 Å². The summed E-state index contributed by atoms with van der Waals surface area (Å²) in [5.74, 6) is 0.0751. The summed E-state index contributed by atoms with van der Waals surface area (Å²) >= 11 is 0. The van der Waals surface area contributed by atoms with E-state index in [9.17, 15) is 14.4 Å². The third kappa shape index (κ3) is 5.01. The SMILES string of the molecule is CCOC(=O)CCNC(=O)NC1CCN(c2nc3cccnc3n(C)c2=O)CC1. The van der Waals surface area contributed by atoms with Crippen LogP contribution in [0.4, 0.5) is 10.6 Å². The summed E-state index contributed by atoms with van der Waals surface area (Å²) in [5.41, 5.74) is 1.04. The normalized spacial score (nSPS) is 14.6. The lowest BCUT2D eigenvalue weighted by Gasteiger charge is -2.32. The van der Waals surface area contributed by atoms with E-state index >= 15 is 0 Å². The summed E-state index contributed by atoms with van der Waals surface area (Å²) in [5, 5.41) is 5.57. The Kier molecular flexibility index (Phi) is 6.63. The van der Waals surface area contributed by atoms with Crippen molar-refractivity contribution in [2.45, 2.75) is 32.2 Å². The van der Waals surface area contributed by atoms with Gasteiger partial charge in [0, 0.05) is 38.9 Å². The zero-order chi connectivity index (χ0) is 20.8. The van der Waals surface area contributed by atoms with Crippen LogP contribution in [0.2, 0.25) is 0 Å². The van der Waals surface area contributed by atoms with E-state index in [0.29, 0.717) is 49.5 Å². The zero-order valence-electron chi connectivity index (χ0n) is 16.7. The van der Waals surface area contributed by atoms with Gasteiger partial charge in [-0.15, -0.1) is 0 Å². The van der Waals surface area contributed by atoms with Crippen molar-refractivity contribution in [2.75, 3.05) is 31.1 Å². The molecule has 2 amide bonds. The van der Waals surface area contributed by atoms with Crippen LogP contribution in [0.25, 0.3) is 11.2 Å². The molecule has 0 bridgehead atoms. The highest BCUT2D eigenvalue weighted by Crippen LogP contribution is 2.17. The monoisotopic (exact) mass is 402 g/mol. The average Bonchev–Trinajstić information content (AvgIpc) is 2.71. The molecule has 0 radical (unpaired) electrons. The van der Waals surface area contributed by atoms with Crippen LogP contribution in [0.3, 0.4) is 0 Å². The third-order valence-corrected chi connectivity index (χ3v) is 4.86. The van der Waals surface area contributed by atoms with Crippen molar-refractivity contribution in [1.82, 2.24) is 25.2 Å². The number of aryl methyl sites for hydroxylation is 1. The minimum absolute atomic E-state index is 0.000168. The molecule has 0 aromatic carbocycles. The lowest BCUT2D eigenvalue weighted by atomic mass is 10.1. The van der Waals surface area contributed by atoms with Crippen LogP contribution < -0.4 is 21.1 Å². The first kappa shape index (κ1) is 20.6. The summed E-state index contributed by atoms with van der Waals surface area (Å²) in [7, 11) is 1.69. The van der Waals surface area contributed by atoms with Crippen LogP contribution in [-0.4, -0.2) is 58.8 Å². The van der Waals surface area contributed by atoms with E-state index < -0.39 is 0 Å². The van der Waals surface area contributed by atoms with Crippen molar-refractivity contribution in [3.05, 3.63) is 28.7 Å². The fraction of sp³-hybridized carbons (Fsp3) is 0.526. The standard InChI is InChI=1S/C19H26N6O4/c1-3-29-15(26)6-10-21-19(28)22-13-7-11-25(12-8-13)17-18(27)24(2)16-14(23-17)5-4-9-20-16/h4-5,9,13H,3,6-8,10-12H2,1-2H3,(H2,21,22,28). The molecular formula is C19H26N6O4. The second-order valence-electron chi connectivity index (χ2n) is 6.86. The Bertz CT molecular complexity index is 936. The van der Waals surface area contributed by atoms with Crippen LogP contribution in [-0.2, 0) is 16.6 Å². The first-order valence-electron chi connectivity index (χ1n) is 9.76. The lowest BCUT2D eigenvalue weighted by Crippen LogP contribution is -2.49. The molecule has 0 saturated carbocycles. The van der Waals surface area contributed by atoms with Gasteiger partial charge >= 0.3 is 12.0 Å². The molecule has 0 unspecified atom stereocenters. The Labute approximate surface area is 168 Å². The van der Waals surface area contributed by atoms with Crippen LogP contribution in [0, 0.1) is 0 Å².